The number of nitrogens with zero attached hydrogens (tertiary/aromatic N) is 4. The molecule has 0 unspecified atom stereocenters. The molecule has 0 amide bonds. The van der Waals surface area contributed by atoms with Crippen LogP contribution < -0.4 is 14.8 Å². The number of thioether (sulfide) groups is 1. The highest BCUT2D eigenvalue weighted by molar-refractivity contribution is 7.99. The number of hydrogen-bond donors (Lipinski definition) is 1. The summed E-state index contributed by atoms with van der Waals surface area (Å²) in [5.74, 6) is 0.748. The summed E-state index contributed by atoms with van der Waals surface area (Å²) in [5, 5.41) is 11.8. The van der Waals surface area contributed by atoms with Gasteiger partial charge in [0.15, 0.2) is 21.6 Å². The SMILES string of the molecule is CCCOc1nc(SCCC)nc(N)c1N(CCC)S(=O)(=O)c1ccccc1[N+](=O)[O-]. The number of sulfonamides is 1. The molecule has 2 N–H and O–H groups in total. The van der Waals surface area contributed by atoms with Gasteiger partial charge in [-0.1, -0.05) is 44.7 Å². The molecule has 10 nitrogen and oxygen atoms in total. The maximum absolute atomic E-state index is 13.5. The maximum atomic E-state index is 13.5. The molecular formula is C19H27N5O5S2. The van der Waals surface area contributed by atoms with Gasteiger partial charge in [0, 0.05) is 18.4 Å². The van der Waals surface area contributed by atoms with E-state index in [1.165, 1.54) is 30.0 Å². The summed E-state index contributed by atoms with van der Waals surface area (Å²) in [7, 11) is -4.35. The maximum Gasteiger partial charge on any atom is 0.289 e. The third-order valence-corrected chi connectivity index (χ3v) is 6.94. The molecule has 31 heavy (non-hydrogen) atoms. The topological polar surface area (TPSA) is 142 Å². The largest absolute Gasteiger partial charge is 0.476 e. The van der Waals surface area contributed by atoms with Gasteiger partial charge in [-0.05, 0) is 25.3 Å². The third kappa shape index (κ3) is 5.76. The zero-order valence-corrected chi connectivity index (χ0v) is 19.4. The van der Waals surface area contributed by atoms with Crippen LogP contribution in [0.2, 0.25) is 0 Å². The number of aromatic nitrogens is 2. The molecule has 1 aromatic heterocycles. The summed E-state index contributed by atoms with van der Waals surface area (Å²) in [6, 6.07) is 5.19. The first kappa shape index (κ1) is 24.7. The second-order valence-corrected chi connectivity index (χ2v) is 9.44. The smallest absolute Gasteiger partial charge is 0.289 e. The minimum Gasteiger partial charge on any atom is -0.476 e. The van der Waals surface area contributed by atoms with Gasteiger partial charge in [0.1, 0.15) is 0 Å². The lowest BCUT2D eigenvalue weighted by molar-refractivity contribution is -0.387. The van der Waals surface area contributed by atoms with E-state index >= 15 is 0 Å². The second kappa shape index (κ2) is 11.1. The van der Waals surface area contributed by atoms with Crippen LogP contribution in [0.5, 0.6) is 5.88 Å². The predicted octanol–water partition coefficient (Wildman–Crippen LogP) is 3.86. The van der Waals surface area contributed by atoms with E-state index in [1.54, 1.807) is 6.92 Å². The third-order valence-electron chi connectivity index (χ3n) is 4.04. The molecule has 170 valence electrons. The summed E-state index contributed by atoms with van der Waals surface area (Å²) < 4.78 is 33.8. The van der Waals surface area contributed by atoms with Crippen LogP contribution in [0.1, 0.15) is 40.0 Å². The Morgan fingerprint density at radius 2 is 1.87 bits per heavy atom. The van der Waals surface area contributed by atoms with E-state index in [1.807, 2.05) is 13.8 Å². The molecule has 0 atom stereocenters. The monoisotopic (exact) mass is 469 g/mol. The van der Waals surface area contributed by atoms with Gasteiger partial charge < -0.3 is 10.5 Å². The Hall–Kier alpha value is -2.60. The lowest BCUT2D eigenvalue weighted by Crippen LogP contribution is -2.34. The van der Waals surface area contributed by atoms with Gasteiger partial charge in [-0.2, -0.15) is 4.98 Å². The van der Waals surface area contributed by atoms with Crippen LogP contribution in [-0.4, -0.2) is 42.2 Å². The van der Waals surface area contributed by atoms with Crippen molar-refractivity contribution in [3.05, 3.63) is 34.4 Å². The Labute approximate surface area is 186 Å². The van der Waals surface area contributed by atoms with E-state index in [0.29, 0.717) is 24.6 Å². The molecule has 0 radical (unpaired) electrons. The van der Waals surface area contributed by atoms with Crippen molar-refractivity contribution < 1.29 is 18.1 Å². The fourth-order valence-electron chi connectivity index (χ4n) is 2.72. The number of nitrogen functional groups attached to an aromatic ring is 1. The molecule has 0 aliphatic heterocycles. The number of hydrogen-bond acceptors (Lipinski definition) is 9. The number of nitrogens with two attached hydrogens (primary N) is 1. The number of benzene rings is 1. The van der Waals surface area contributed by atoms with Crippen LogP contribution >= 0.6 is 11.8 Å². The van der Waals surface area contributed by atoms with Crippen molar-refractivity contribution in [2.24, 2.45) is 0 Å². The first-order valence-corrected chi connectivity index (χ1v) is 12.4. The number of nitro groups is 1. The summed E-state index contributed by atoms with van der Waals surface area (Å²) in [5.41, 5.74) is 5.66. The molecule has 2 rings (SSSR count). The Morgan fingerprint density at radius 1 is 1.16 bits per heavy atom. The van der Waals surface area contributed by atoms with E-state index in [9.17, 15) is 18.5 Å². The Kier molecular flexibility index (Phi) is 8.87. The van der Waals surface area contributed by atoms with Crippen molar-refractivity contribution in [3.63, 3.8) is 0 Å². The van der Waals surface area contributed by atoms with Crippen LogP contribution in [0.25, 0.3) is 0 Å². The fourth-order valence-corrected chi connectivity index (χ4v) is 5.15. The van der Waals surface area contributed by atoms with Gasteiger partial charge in [-0.3, -0.25) is 14.4 Å². The van der Waals surface area contributed by atoms with Gasteiger partial charge in [0.05, 0.1) is 11.5 Å². The lowest BCUT2D eigenvalue weighted by atomic mass is 10.3. The molecule has 12 heteroatoms. The van der Waals surface area contributed by atoms with E-state index in [-0.39, 0.29) is 23.9 Å². The zero-order chi connectivity index (χ0) is 23.0. The van der Waals surface area contributed by atoms with Crippen molar-refractivity contribution in [2.75, 3.05) is 28.9 Å². The highest BCUT2D eigenvalue weighted by Gasteiger charge is 2.35. The molecule has 0 aliphatic carbocycles. The van der Waals surface area contributed by atoms with Gasteiger partial charge in [0.2, 0.25) is 5.88 Å². The van der Waals surface area contributed by atoms with Crippen LogP contribution in [0.15, 0.2) is 34.3 Å². The van der Waals surface area contributed by atoms with E-state index < -0.39 is 25.5 Å². The lowest BCUT2D eigenvalue weighted by Gasteiger charge is -2.26. The van der Waals surface area contributed by atoms with Crippen molar-refractivity contribution in [1.29, 1.82) is 0 Å². The second-order valence-electron chi connectivity index (χ2n) is 6.54. The van der Waals surface area contributed by atoms with Crippen LogP contribution in [0, 0.1) is 10.1 Å². The fraction of sp³-hybridized carbons (Fsp3) is 0.474. The summed E-state index contributed by atoms with van der Waals surface area (Å²) in [6.45, 7) is 6.03. The molecule has 1 aromatic carbocycles. The van der Waals surface area contributed by atoms with Crippen LogP contribution in [-0.2, 0) is 10.0 Å². The molecule has 0 aliphatic rings. The molecule has 0 saturated heterocycles. The summed E-state index contributed by atoms with van der Waals surface area (Å²) in [4.78, 5) is 18.9. The standard InChI is InChI=1S/C19H27N5O5S2/c1-4-11-23(31(27,28)15-10-8-7-9-14(15)24(25)26)16-17(20)21-19(30-13-6-3)22-18(16)29-12-5-2/h7-10H,4-6,11-13H2,1-3H3,(H2,20,21,22). The normalized spacial score (nSPS) is 11.3. The van der Waals surface area contributed by atoms with Crippen molar-refractivity contribution in [1.82, 2.24) is 9.97 Å². The Morgan fingerprint density at radius 3 is 2.48 bits per heavy atom. The molecule has 0 bridgehead atoms. The summed E-state index contributed by atoms with van der Waals surface area (Å²) >= 11 is 1.39. The average Bonchev–Trinajstić information content (AvgIpc) is 2.74. The van der Waals surface area contributed by atoms with Crippen molar-refractivity contribution in [2.45, 2.75) is 50.1 Å². The molecular weight excluding hydrogens is 442 g/mol. The number of para-hydroxylation sites is 1. The van der Waals surface area contributed by atoms with E-state index in [4.69, 9.17) is 10.5 Å². The molecule has 1 heterocycles. The summed E-state index contributed by atoms with van der Waals surface area (Å²) in [6.07, 6.45) is 2.00. The quantitative estimate of drug-likeness (QED) is 0.212. The Balaban J connectivity index is 2.69. The molecule has 0 spiro atoms. The Bertz CT molecular complexity index is 1020. The zero-order valence-electron chi connectivity index (χ0n) is 17.8. The van der Waals surface area contributed by atoms with Crippen molar-refractivity contribution >= 4 is 39.0 Å². The number of ether oxygens (including phenoxy) is 1. The van der Waals surface area contributed by atoms with Crippen molar-refractivity contribution in [3.8, 4) is 5.88 Å². The predicted molar refractivity (Wildman–Crippen MR) is 121 cm³/mol. The minimum atomic E-state index is -4.35. The number of rotatable bonds is 12. The van der Waals surface area contributed by atoms with Gasteiger partial charge in [-0.25, -0.2) is 13.4 Å². The van der Waals surface area contributed by atoms with Gasteiger partial charge in [0.25, 0.3) is 15.7 Å². The van der Waals surface area contributed by atoms with Crippen LogP contribution in [0.3, 0.4) is 0 Å². The average molecular weight is 470 g/mol. The van der Waals surface area contributed by atoms with E-state index in [2.05, 4.69) is 9.97 Å². The molecule has 2 aromatic rings. The van der Waals surface area contributed by atoms with Gasteiger partial charge >= 0.3 is 0 Å². The van der Waals surface area contributed by atoms with Crippen LogP contribution in [0.4, 0.5) is 17.2 Å². The minimum absolute atomic E-state index is 0.00528. The first-order valence-electron chi connectivity index (χ1n) is 9.97. The highest BCUT2D eigenvalue weighted by atomic mass is 32.2. The highest BCUT2D eigenvalue weighted by Crippen LogP contribution is 2.38. The first-order chi connectivity index (χ1) is 14.8. The van der Waals surface area contributed by atoms with Gasteiger partial charge in [-0.15, -0.1) is 0 Å². The number of nitro benzene ring substituents is 1. The number of anilines is 2. The molecule has 0 fully saturated rings. The molecule has 0 saturated carbocycles. The van der Waals surface area contributed by atoms with E-state index in [0.717, 1.165) is 22.5 Å².